The second kappa shape index (κ2) is 5.90. The Morgan fingerprint density at radius 3 is 2.55 bits per heavy atom. The first-order chi connectivity index (χ1) is 9.71. The maximum atomic E-state index is 12.3. The average molecular weight is 267 g/mol. The minimum atomic E-state index is -0.344. The Hall–Kier alpha value is -2.79. The summed E-state index contributed by atoms with van der Waals surface area (Å²) in [6.45, 7) is 0.477. The van der Waals surface area contributed by atoms with Crippen LogP contribution in [0, 0.1) is 22.7 Å². The van der Waals surface area contributed by atoms with Gasteiger partial charge in [-0.15, -0.1) is 0 Å². The van der Waals surface area contributed by atoms with Crippen LogP contribution >= 0.6 is 0 Å². The largest absolute Gasteiger partial charge is 0.499 e. The van der Waals surface area contributed by atoms with Gasteiger partial charge >= 0.3 is 0 Å². The standard InChI is InChI=1S/C15H13N3O2/c1-20-14-7-9-18(15(19)13(14)10-17)12-4-2-11(3-5-12)6-8-16/h2-5H,6-7,9H2,1H3. The molecule has 0 N–H and O–H groups in total. The van der Waals surface area contributed by atoms with Gasteiger partial charge in [0.25, 0.3) is 5.91 Å². The molecule has 0 saturated heterocycles. The van der Waals surface area contributed by atoms with Gasteiger partial charge in [-0.1, -0.05) is 12.1 Å². The van der Waals surface area contributed by atoms with E-state index in [1.165, 1.54) is 7.11 Å². The average Bonchev–Trinajstić information content (AvgIpc) is 2.48. The van der Waals surface area contributed by atoms with E-state index < -0.39 is 0 Å². The summed E-state index contributed by atoms with van der Waals surface area (Å²) in [6.07, 6.45) is 0.858. The number of nitriles is 2. The highest BCUT2D eigenvalue weighted by Crippen LogP contribution is 2.25. The molecule has 0 spiro atoms. The normalized spacial score (nSPS) is 14.8. The summed E-state index contributed by atoms with van der Waals surface area (Å²) in [5, 5.41) is 17.7. The number of carbonyl (C=O) groups is 1. The van der Waals surface area contributed by atoms with E-state index in [9.17, 15) is 4.79 Å². The molecule has 0 atom stereocenters. The fourth-order valence-electron chi connectivity index (χ4n) is 2.14. The van der Waals surface area contributed by atoms with Crippen molar-refractivity contribution in [2.24, 2.45) is 0 Å². The molecular weight excluding hydrogens is 254 g/mol. The molecule has 0 radical (unpaired) electrons. The van der Waals surface area contributed by atoms with Crippen LogP contribution in [0.3, 0.4) is 0 Å². The van der Waals surface area contributed by atoms with Crippen LogP contribution < -0.4 is 4.90 Å². The number of hydrogen-bond donors (Lipinski definition) is 0. The molecule has 100 valence electrons. The number of methoxy groups -OCH3 is 1. The first-order valence-electron chi connectivity index (χ1n) is 6.16. The number of anilines is 1. The van der Waals surface area contributed by atoms with Crippen LogP contribution in [-0.2, 0) is 16.0 Å². The number of hydrogen-bond acceptors (Lipinski definition) is 4. The molecule has 1 amide bonds. The fraction of sp³-hybridized carbons (Fsp3) is 0.267. The van der Waals surface area contributed by atoms with Crippen LogP contribution in [0.15, 0.2) is 35.6 Å². The number of rotatable bonds is 3. The van der Waals surface area contributed by atoms with Gasteiger partial charge in [0.2, 0.25) is 0 Å². The second-order valence-corrected chi connectivity index (χ2v) is 4.32. The van der Waals surface area contributed by atoms with Gasteiger partial charge in [0.1, 0.15) is 11.8 Å². The molecular formula is C15H13N3O2. The number of ether oxygens (including phenoxy) is 1. The van der Waals surface area contributed by atoms with Crippen molar-refractivity contribution in [3.8, 4) is 12.1 Å². The minimum absolute atomic E-state index is 0.0554. The molecule has 0 aliphatic carbocycles. The van der Waals surface area contributed by atoms with E-state index in [1.54, 1.807) is 17.0 Å². The highest BCUT2D eigenvalue weighted by atomic mass is 16.5. The topological polar surface area (TPSA) is 77.1 Å². The summed E-state index contributed by atoms with van der Waals surface area (Å²) in [7, 11) is 1.46. The highest BCUT2D eigenvalue weighted by molar-refractivity contribution is 6.09. The Labute approximate surface area is 117 Å². The minimum Gasteiger partial charge on any atom is -0.499 e. The monoisotopic (exact) mass is 267 g/mol. The van der Waals surface area contributed by atoms with E-state index in [2.05, 4.69) is 6.07 Å². The predicted octanol–water partition coefficient (Wildman–Crippen LogP) is 1.91. The summed E-state index contributed by atoms with van der Waals surface area (Å²) in [5.41, 5.74) is 1.67. The zero-order chi connectivity index (χ0) is 14.5. The SMILES string of the molecule is COC1=C(C#N)C(=O)N(c2ccc(CC#N)cc2)CC1. The van der Waals surface area contributed by atoms with Crippen LogP contribution in [0.2, 0.25) is 0 Å². The fourth-order valence-corrected chi connectivity index (χ4v) is 2.14. The van der Waals surface area contributed by atoms with Gasteiger partial charge in [-0.25, -0.2) is 0 Å². The van der Waals surface area contributed by atoms with Gasteiger partial charge in [0.05, 0.1) is 19.6 Å². The zero-order valence-corrected chi connectivity index (χ0v) is 11.1. The van der Waals surface area contributed by atoms with E-state index in [4.69, 9.17) is 15.3 Å². The second-order valence-electron chi connectivity index (χ2n) is 4.32. The lowest BCUT2D eigenvalue weighted by atomic mass is 10.1. The van der Waals surface area contributed by atoms with Crippen LogP contribution in [0.5, 0.6) is 0 Å². The van der Waals surface area contributed by atoms with Crippen molar-refractivity contribution in [2.75, 3.05) is 18.6 Å². The third kappa shape index (κ3) is 2.48. The van der Waals surface area contributed by atoms with Crippen LogP contribution in [0.25, 0.3) is 0 Å². The molecule has 5 heteroatoms. The summed E-state index contributed by atoms with van der Waals surface area (Å²) in [4.78, 5) is 13.8. The van der Waals surface area contributed by atoms with Gasteiger partial charge in [0, 0.05) is 18.7 Å². The van der Waals surface area contributed by atoms with Crippen molar-refractivity contribution >= 4 is 11.6 Å². The molecule has 1 aliphatic heterocycles. The lowest BCUT2D eigenvalue weighted by molar-refractivity contribution is -0.115. The molecule has 1 aliphatic rings. The van der Waals surface area contributed by atoms with Crippen molar-refractivity contribution in [3.05, 3.63) is 41.2 Å². The van der Waals surface area contributed by atoms with Crippen molar-refractivity contribution in [3.63, 3.8) is 0 Å². The van der Waals surface area contributed by atoms with E-state index in [0.717, 1.165) is 11.3 Å². The van der Waals surface area contributed by atoms with Gasteiger partial charge in [-0.2, -0.15) is 10.5 Å². The molecule has 0 saturated carbocycles. The Morgan fingerprint density at radius 1 is 1.30 bits per heavy atom. The molecule has 1 heterocycles. The molecule has 0 bridgehead atoms. The molecule has 20 heavy (non-hydrogen) atoms. The number of nitrogens with zero attached hydrogens (tertiary/aromatic N) is 3. The molecule has 2 rings (SSSR count). The molecule has 1 aromatic rings. The summed E-state index contributed by atoms with van der Waals surface area (Å²) < 4.78 is 5.07. The van der Waals surface area contributed by atoms with Crippen molar-refractivity contribution < 1.29 is 9.53 Å². The Kier molecular flexibility index (Phi) is 4.02. The van der Waals surface area contributed by atoms with Gasteiger partial charge in [-0.05, 0) is 17.7 Å². The third-order valence-electron chi connectivity index (χ3n) is 3.19. The Balaban J connectivity index is 2.27. The Morgan fingerprint density at radius 2 is 2.00 bits per heavy atom. The van der Waals surface area contributed by atoms with Gasteiger partial charge < -0.3 is 9.64 Å². The third-order valence-corrected chi connectivity index (χ3v) is 3.19. The van der Waals surface area contributed by atoms with E-state index in [-0.39, 0.29) is 11.5 Å². The predicted molar refractivity (Wildman–Crippen MR) is 72.4 cm³/mol. The highest BCUT2D eigenvalue weighted by Gasteiger charge is 2.28. The van der Waals surface area contributed by atoms with Crippen molar-refractivity contribution in [2.45, 2.75) is 12.8 Å². The van der Waals surface area contributed by atoms with E-state index in [1.807, 2.05) is 18.2 Å². The summed E-state index contributed by atoms with van der Waals surface area (Å²) in [5.74, 6) is 0.0958. The lowest BCUT2D eigenvalue weighted by Gasteiger charge is -2.27. The number of amides is 1. The van der Waals surface area contributed by atoms with Crippen molar-refractivity contribution in [1.82, 2.24) is 0 Å². The van der Waals surface area contributed by atoms with Gasteiger partial charge in [-0.3, -0.25) is 4.79 Å². The molecule has 5 nitrogen and oxygen atoms in total. The first-order valence-corrected chi connectivity index (χ1v) is 6.16. The molecule has 0 unspecified atom stereocenters. The Bertz CT molecular complexity index is 633. The van der Waals surface area contributed by atoms with Crippen molar-refractivity contribution in [1.29, 1.82) is 10.5 Å². The first kappa shape index (κ1) is 13.6. The quantitative estimate of drug-likeness (QED) is 0.838. The maximum Gasteiger partial charge on any atom is 0.272 e. The molecule has 0 fully saturated rings. The van der Waals surface area contributed by atoms with E-state index in [0.29, 0.717) is 25.1 Å². The maximum absolute atomic E-state index is 12.3. The summed E-state index contributed by atoms with van der Waals surface area (Å²) in [6, 6.07) is 11.2. The zero-order valence-electron chi connectivity index (χ0n) is 11.1. The van der Waals surface area contributed by atoms with Gasteiger partial charge in [0.15, 0.2) is 5.57 Å². The van der Waals surface area contributed by atoms with Crippen LogP contribution in [-0.4, -0.2) is 19.6 Å². The lowest BCUT2D eigenvalue weighted by Crippen LogP contribution is -2.37. The smallest absolute Gasteiger partial charge is 0.272 e. The van der Waals surface area contributed by atoms with Crippen LogP contribution in [0.1, 0.15) is 12.0 Å². The number of benzene rings is 1. The summed E-state index contributed by atoms with van der Waals surface area (Å²) >= 11 is 0. The molecule has 1 aromatic carbocycles. The number of carbonyl (C=O) groups excluding carboxylic acids is 1. The van der Waals surface area contributed by atoms with E-state index >= 15 is 0 Å². The molecule has 0 aromatic heterocycles. The van der Waals surface area contributed by atoms with Crippen LogP contribution in [0.4, 0.5) is 5.69 Å².